The van der Waals surface area contributed by atoms with Gasteiger partial charge in [0.25, 0.3) is 0 Å². The number of hydrogen-bond donors (Lipinski definition) is 0. The quantitative estimate of drug-likeness (QED) is 0.818. The molecule has 1 amide bonds. The highest BCUT2D eigenvalue weighted by molar-refractivity contribution is 5.82. The summed E-state index contributed by atoms with van der Waals surface area (Å²) < 4.78 is 0. The van der Waals surface area contributed by atoms with Gasteiger partial charge >= 0.3 is 0 Å². The maximum atomic E-state index is 13.4. The Morgan fingerprint density at radius 1 is 0.923 bits per heavy atom. The molecule has 4 heteroatoms. The van der Waals surface area contributed by atoms with Crippen LogP contribution in [0.4, 0.5) is 5.69 Å². The van der Waals surface area contributed by atoms with Crippen molar-refractivity contribution in [3.63, 3.8) is 0 Å². The summed E-state index contributed by atoms with van der Waals surface area (Å²) in [7, 11) is 0. The molecular formula is C22H31N3O. The van der Waals surface area contributed by atoms with E-state index in [-0.39, 0.29) is 5.92 Å². The van der Waals surface area contributed by atoms with Gasteiger partial charge in [0.15, 0.2) is 0 Å². The van der Waals surface area contributed by atoms with Gasteiger partial charge in [0.2, 0.25) is 5.91 Å². The molecule has 1 aromatic rings. The molecule has 1 aromatic carbocycles. The largest absolute Gasteiger partial charge is 0.365 e. The molecule has 1 saturated carbocycles. The summed E-state index contributed by atoms with van der Waals surface area (Å²) in [6.45, 7) is 5.23. The number of anilines is 1. The molecule has 0 bridgehead atoms. The van der Waals surface area contributed by atoms with Crippen LogP contribution >= 0.6 is 0 Å². The van der Waals surface area contributed by atoms with E-state index in [2.05, 4.69) is 39.0 Å². The van der Waals surface area contributed by atoms with Crippen molar-refractivity contribution in [2.45, 2.75) is 57.0 Å². The molecular weight excluding hydrogens is 322 g/mol. The van der Waals surface area contributed by atoms with Crippen molar-refractivity contribution in [1.82, 2.24) is 9.80 Å². The minimum atomic E-state index is 0.132. The zero-order chi connectivity index (χ0) is 17.5. The smallest absolute Gasteiger partial charge is 0.228 e. The summed E-state index contributed by atoms with van der Waals surface area (Å²) in [5.74, 6) is 0.549. The van der Waals surface area contributed by atoms with Gasteiger partial charge in [0.05, 0.1) is 12.0 Å². The molecule has 3 aliphatic heterocycles. The van der Waals surface area contributed by atoms with Crippen LogP contribution in [-0.2, 0) is 11.2 Å². The van der Waals surface area contributed by atoms with E-state index in [0.717, 1.165) is 45.2 Å². The van der Waals surface area contributed by atoms with Crippen LogP contribution < -0.4 is 4.90 Å². The number of fused-ring (bicyclic) bond motifs is 3. The Balaban J connectivity index is 1.44. The number of amides is 1. The molecule has 140 valence electrons. The maximum Gasteiger partial charge on any atom is 0.228 e. The fourth-order valence-corrected chi connectivity index (χ4v) is 5.84. The third kappa shape index (κ3) is 2.83. The number of carbonyl (C=O) groups is 1. The van der Waals surface area contributed by atoms with E-state index in [1.807, 2.05) is 0 Å². The molecule has 26 heavy (non-hydrogen) atoms. The van der Waals surface area contributed by atoms with Gasteiger partial charge in [-0.3, -0.25) is 9.69 Å². The summed E-state index contributed by atoms with van der Waals surface area (Å²) in [6, 6.07) is 9.90. The maximum absolute atomic E-state index is 13.4. The van der Waals surface area contributed by atoms with Crippen molar-refractivity contribution in [3.8, 4) is 0 Å². The first kappa shape index (κ1) is 16.6. The first-order valence-electron chi connectivity index (χ1n) is 10.7. The molecule has 5 rings (SSSR count). The molecule has 2 unspecified atom stereocenters. The summed E-state index contributed by atoms with van der Waals surface area (Å²) in [4.78, 5) is 20.8. The fraction of sp³-hybridized carbons (Fsp3) is 0.682. The molecule has 0 aromatic heterocycles. The van der Waals surface area contributed by atoms with E-state index in [1.165, 1.54) is 49.8 Å². The second-order valence-corrected chi connectivity index (χ2v) is 8.67. The van der Waals surface area contributed by atoms with Crippen LogP contribution in [0.1, 0.15) is 44.1 Å². The minimum absolute atomic E-state index is 0.132. The normalized spacial score (nSPS) is 29.7. The van der Waals surface area contributed by atoms with E-state index < -0.39 is 0 Å². The van der Waals surface area contributed by atoms with Crippen molar-refractivity contribution < 1.29 is 4.79 Å². The van der Waals surface area contributed by atoms with Gasteiger partial charge in [-0.25, -0.2) is 0 Å². The molecule has 3 heterocycles. The Hall–Kier alpha value is -1.55. The Morgan fingerprint density at radius 2 is 1.69 bits per heavy atom. The topological polar surface area (TPSA) is 26.8 Å². The van der Waals surface area contributed by atoms with Crippen LogP contribution in [0.2, 0.25) is 0 Å². The van der Waals surface area contributed by atoms with E-state index in [9.17, 15) is 4.79 Å². The lowest BCUT2D eigenvalue weighted by atomic mass is 9.82. The molecule has 0 N–H and O–H groups in total. The molecule has 2 atom stereocenters. The molecule has 3 fully saturated rings. The first-order chi connectivity index (χ1) is 12.8. The van der Waals surface area contributed by atoms with Crippen LogP contribution in [0, 0.1) is 5.92 Å². The zero-order valence-electron chi connectivity index (χ0n) is 15.8. The van der Waals surface area contributed by atoms with Crippen LogP contribution in [0.25, 0.3) is 0 Å². The van der Waals surface area contributed by atoms with Crippen molar-refractivity contribution in [2.24, 2.45) is 5.92 Å². The fourth-order valence-electron chi connectivity index (χ4n) is 5.84. The number of carbonyl (C=O) groups excluding carboxylic acids is 1. The highest BCUT2D eigenvalue weighted by atomic mass is 16.2. The lowest BCUT2D eigenvalue weighted by Crippen LogP contribution is -2.62. The van der Waals surface area contributed by atoms with Gasteiger partial charge < -0.3 is 9.80 Å². The van der Waals surface area contributed by atoms with Gasteiger partial charge in [0.1, 0.15) is 0 Å². The first-order valence-corrected chi connectivity index (χ1v) is 10.7. The summed E-state index contributed by atoms with van der Waals surface area (Å²) >= 11 is 0. The predicted molar refractivity (Wildman–Crippen MR) is 104 cm³/mol. The van der Waals surface area contributed by atoms with Gasteiger partial charge in [-0.15, -0.1) is 0 Å². The highest BCUT2D eigenvalue weighted by Crippen LogP contribution is 2.38. The van der Waals surface area contributed by atoms with Crippen LogP contribution in [0.5, 0.6) is 0 Å². The van der Waals surface area contributed by atoms with Crippen molar-refractivity contribution in [1.29, 1.82) is 0 Å². The summed E-state index contributed by atoms with van der Waals surface area (Å²) in [5, 5.41) is 0. The SMILES string of the molecule is O=C(C1Cc2ccccc2N2CCN(C3CCCC3)CC12)N1CCCC1. The molecule has 0 spiro atoms. The predicted octanol–water partition coefficient (Wildman–Crippen LogP) is 2.91. The molecule has 4 nitrogen and oxygen atoms in total. The van der Waals surface area contributed by atoms with E-state index >= 15 is 0 Å². The Morgan fingerprint density at radius 3 is 2.50 bits per heavy atom. The van der Waals surface area contributed by atoms with E-state index in [4.69, 9.17) is 0 Å². The van der Waals surface area contributed by atoms with Gasteiger partial charge in [0, 0.05) is 44.5 Å². The number of benzene rings is 1. The zero-order valence-corrected chi connectivity index (χ0v) is 15.8. The monoisotopic (exact) mass is 353 g/mol. The number of piperazine rings is 1. The van der Waals surface area contributed by atoms with Crippen molar-refractivity contribution >= 4 is 11.6 Å². The van der Waals surface area contributed by atoms with Crippen LogP contribution in [0.15, 0.2) is 24.3 Å². The number of rotatable bonds is 2. The number of hydrogen-bond acceptors (Lipinski definition) is 3. The van der Waals surface area contributed by atoms with Gasteiger partial charge in [-0.05, 0) is 43.7 Å². The van der Waals surface area contributed by atoms with Crippen molar-refractivity contribution in [3.05, 3.63) is 29.8 Å². The number of para-hydroxylation sites is 1. The molecule has 1 aliphatic carbocycles. The Bertz CT molecular complexity index is 663. The standard InChI is InChI=1S/C22H31N3O/c26-22(23-11-5-6-12-23)19-15-17-7-1-4-10-20(17)25-14-13-24(16-21(19)25)18-8-2-3-9-18/h1,4,7,10,18-19,21H,2-3,5-6,8-9,11-16H2. The number of likely N-dealkylation sites (tertiary alicyclic amines) is 1. The molecule has 0 radical (unpaired) electrons. The minimum Gasteiger partial charge on any atom is -0.365 e. The third-order valence-corrected chi connectivity index (χ3v) is 7.23. The lowest BCUT2D eigenvalue weighted by molar-refractivity contribution is -0.135. The number of nitrogens with zero attached hydrogens (tertiary/aromatic N) is 3. The molecule has 4 aliphatic rings. The third-order valence-electron chi connectivity index (χ3n) is 7.23. The Kier molecular flexibility index (Phi) is 4.39. The average Bonchev–Trinajstić information content (AvgIpc) is 3.40. The van der Waals surface area contributed by atoms with Crippen molar-refractivity contribution in [2.75, 3.05) is 37.6 Å². The lowest BCUT2D eigenvalue weighted by Gasteiger charge is -2.51. The van der Waals surface area contributed by atoms with Gasteiger partial charge in [-0.1, -0.05) is 31.0 Å². The molecule has 2 saturated heterocycles. The van der Waals surface area contributed by atoms with E-state index in [0.29, 0.717) is 11.9 Å². The second kappa shape index (κ2) is 6.88. The van der Waals surface area contributed by atoms with Crippen LogP contribution in [-0.4, -0.2) is 60.5 Å². The Labute approximate surface area is 157 Å². The van der Waals surface area contributed by atoms with E-state index in [1.54, 1.807) is 0 Å². The average molecular weight is 354 g/mol. The van der Waals surface area contributed by atoms with Gasteiger partial charge in [-0.2, -0.15) is 0 Å². The van der Waals surface area contributed by atoms with Crippen LogP contribution in [0.3, 0.4) is 0 Å². The second-order valence-electron chi connectivity index (χ2n) is 8.67. The summed E-state index contributed by atoms with van der Waals surface area (Å²) in [5.41, 5.74) is 2.75. The highest BCUT2D eigenvalue weighted by Gasteiger charge is 2.44. The summed E-state index contributed by atoms with van der Waals surface area (Å²) in [6.07, 6.45) is 8.76.